The smallest absolute Gasteiger partial charge is 0.303 e. The van der Waals surface area contributed by atoms with Crippen LogP contribution in [0.1, 0.15) is 40.0 Å². The first kappa shape index (κ1) is 15.0. The molecule has 5 nitrogen and oxygen atoms in total. The highest BCUT2D eigenvalue weighted by Gasteiger charge is 2.25. The van der Waals surface area contributed by atoms with Gasteiger partial charge in [0.05, 0.1) is 6.54 Å². The number of carboxylic acid groups (broad SMARTS) is 1. The molecule has 0 aromatic heterocycles. The Morgan fingerprint density at radius 2 is 2.06 bits per heavy atom. The van der Waals surface area contributed by atoms with E-state index in [1.165, 1.54) is 0 Å². The molecular weight excluding hydrogens is 232 g/mol. The van der Waals surface area contributed by atoms with Crippen molar-refractivity contribution in [3.63, 3.8) is 0 Å². The summed E-state index contributed by atoms with van der Waals surface area (Å²) in [5, 5.41) is 11.6. The lowest BCUT2D eigenvalue weighted by atomic mass is 10.0. The van der Waals surface area contributed by atoms with Gasteiger partial charge in [-0.3, -0.25) is 14.5 Å². The Balaban J connectivity index is 2.26. The molecule has 18 heavy (non-hydrogen) atoms. The van der Waals surface area contributed by atoms with Crippen molar-refractivity contribution < 1.29 is 14.7 Å². The second-order valence-corrected chi connectivity index (χ2v) is 6.12. The van der Waals surface area contributed by atoms with Crippen LogP contribution in [0.15, 0.2) is 0 Å². The predicted molar refractivity (Wildman–Crippen MR) is 69.3 cm³/mol. The summed E-state index contributed by atoms with van der Waals surface area (Å²) in [6.45, 7) is 8.03. The van der Waals surface area contributed by atoms with Crippen molar-refractivity contribution in [2.24, 2.45) is 5.92 Å². The van der Waals surface area contributed by atoms with Gasteiger partial charge < -0.3 is 10.4 Å². The topological polar surface area (TPSA) is 69.6 Å². The van der Waals surface area contributed by atoms with Crippen molar-refractivity contribution in [3.05, 3.63) is 0 Å². The van der Waals surface area contributed by atoms with E-state index in [0.717, 1.165) is 19.5 Å². The van der Waals surface area contributed by atoms with Gasteiger partial charge in [-0.15, -0.1) is 0 Å². The van der Waals surface area contributed by atoms with E-state index in [0.29, 0.717) is 18.9 Å². The van der Waals surface area contributed by atoms with Gasteiger partial charge in [-0.05, 0) is 46.1 Å². The lowest BCUT2D eigenvalue weighted by Crippen LogP contribution is -2.45. The molecule has 2 N–H and O–H groups in total. The molecule has 0 aromatic rings. The van der Waals surface area contributed by atoms with Gasteiger partial charge in [0.2, 0.25) is 5.91 Å². The van der Waals surface area contributed by atoms with Crippen molar-refractivity contribution in [3.8, 4) is 0 Å². The highest BCUT2D eigenvalue weighted by atomic mass is 16.4. The van der Waals surface area contributed by atoms with E-state index in [1.54, 1.807) is 0 Å². The zero-order chi connectivity index (χ0) is 13.8. The Morgan fingerprint density at radius 1 is 1.39 bits per heavy atom. The number of carbonyl (C=O) groups excluding carboxylic acids is 1. The fourth-order valence-electron chi connectivity index (χ4n) is 2.28. The fraction of sp³-hybridized carbons (Fsp3) is 0.846. The number of hydrogen-bond donors (Lipinski definition) is 2. The molecule has 1 aliphatic heterocycles. The number of carbonyl (C=O) groups is 2. The van der Waals surface area contributed by atoms with Gasteiger partial charge >= 0.3 is 5.97 Å². The molecule has 1 fully saturated rings. The normalized spacial score (nSPS) is 20.9. The van der Waals surface area contributed by atoms with Crippen LogP contribution in [0, 0.1) is 5.92 Å². The van der Waals surface area contributed by atoms with Gasteiger partial charge in [-0.1, -0.05) is 0 Å². The van der Waals surface area contributed by atoms with Crippen molar-refractivity contribution >= 4 is 11.9 Å². The Kier molecular flexibility index (Phi) is 5.14. The van der Waals surface area contributed by atoms with Crippen molar-refractivity contribution in [2.75, 3.05) is 19.6 Å². The van der Waals surface area contributed by atoms with Crippen LogP contribution in [0.25, 0.3) is 0 Å². The quantitative estimate of drug-likeness (QED) is 0.772. The molecule has 104 valence electrons. The molecule has 1 rings (SSSR count). The minimum atomic E-state index is -0.737. The summed E-state index contributed by atoms with van der Waals surface area (Å²) < 4.78 is 0. The average Bonchev–Trinajstić information content (AvgIpc) is 2.59. The molecule has 1 saturated heterocycles. The van der Waals surface area contributed by atoms with Crippen molar-refractivity contribution in [1.82, 2.24) is 10.2 Å². The van der Waals surface area contributed by atoms with E-state index in [4.69, 9.17) is 5.11 Å². The zero-order valence-corrected chi connectivity index (χ0v) is 11.5. The van der Waals surface area contributed by atoms with E-state index in [2.05, 4.69) is 10.2 Å². The Bertz CT molecular complexity index is 310. The third kappa shape index (κ3) is 6.00. The van der Waals surface area contributed by atoms with E-state index >= 15 is 0 Å². The van der Waals surface area contributed by atoms with E-state index in [-0.39, 0.29) is 17.9 Å². The second-order valence-electron chi connectivity index (χ2n) is 6.12. The number of amides is 1. The van der Waals surface area contributed by atoms with Crippen LogP contribution >= 0.6 is 0 Å². The van der Waals surface area contributed by atoms with Crippen LogP contribution in [-0.4, -0.2) is 47.1 Å². The van der Waals surface area contributed by atoms with E-state index in [1.807, 2.05) is 20.8 Å². The Morgan fingerprint density at radius 3 is 2.61 bits per heavy atom. The highest BCUT2D eigenvalue weighted by Crippen LogP contribution is 2.20. The van der Waals surface area contributed by atoms with Crippen LogP contribution < -0.4 is 5.32 Å². The van der Waals surface area contributed by atoms with Crippen LogP contribution in [0.2, 0.25) is 0 Å². The lowest BCUT2D eigenvalue weighted by Gasteiger charge is -2.23. The maximum atomic E-state index is 11.7. The predicted octanol–water partition coefficient (Wildman–Crippen LogP) is 1.09. The maximum Gasteiger partial charge on any atom is 0.303 e. The Hall–Kier alpha value is -1.10. The van der Waals surface area contributed by atoms with Crippen LogP contribution in [0.3, 0.4) is 0 Å². The first-order valence-corrected chi connectivity index (χ1v) is 6.51. The van der Waals surface area contributed by atoms with Crippen molar-refractivity contribution in [2.45, 2.75) is 45.6 Å². The number of hydrogen-bond acceptors (Lipinski definition) is 3. The lowest BCUT2D eigenvalue weighted by molar-refractivity contribution is -0.137. The summed E-state index contributed by atoms with van der Waals surface area (Å²) in [5.74, 6) is -0.274. The number of carboxylic acids is 1. The summed E-state index contributed by atoms with van der Waals surface area (Å²) in [5.41, 5.74) is -0.195. The number of aliphatic carboxylic acids is 1. The van der Waals surface area contributed by atoms with E-state index < -0.39 is 5.97 Å². The van der Waals surface area contributed by atoms with Gasteiger partial charge in [0.25, 0.3) is 0 Å². The SMILES string of the molecule is CC(C)(C)NC(=O)CN1CCC(CCC(=O)O)C1. The second kappa shape index (κ2) is 6.18. The molecule has 1 heterocycles. The molecule has 0 spiro atoms. The summed E-state index contributed by atoms with van der Waals surface area (Å²) in [4.78, 5) is 24.3. The minimum absolute atomic E-state index is 0.0429. The molecule has 1 aliphatic rings. The molecule has 1 amide bonds. The van der Waals surface area contributed by atoms with Crippen molar-refractivity contribution in [1.29, 1.82) is 0 Å². The number of nitrogens with one attached hydrogen (secondary N) is 1. The summed E-state index contributed by atoms with van der Waals surface area (Å²) in [6, 6.07) is 0. The van der Waals surface area contributed by atoms with E-state index in [9.17, 15) is 9.59 Å². The molecule has 0 bridgehead atoms. The molecule has 5 heteroatoms. The number of likely N-dealkylation sites (tertiary alicyclic amines) is 1. The molecule has 0 saturated carbocycles. The highest BCUT2D eigenvalue weighted by molar-refractivity contribution is 5.78. The minimum Gasteiger partial charge on any atom is -0.481 e. The van der Waals surface area contributed by atoms with Gasteiger partial charge in [0.1, 0.15) is 0 Å². The van der Waals surface area contributed by atoms with Crippen LogP contribution in [0.5, 0.6) is 0 Å². The monoisotopic (exact) mass is 256 g/mol. The maximum absolute atomic E-state index is 11.7. The van der Waals surface area contributed by atoms with Gasteiger partial charge in [0.15, 0.2) is 0 Å². The molecule has 1 atom stereocenters. The largest absolute Gasteiger partial charge is 0.481 e. The fourth-order valence-corrected chi connectivity index (χ4v) is 2.28. The average molecular weight is 256 g/mol. The molecule has 0 aromatic carbocycles. The van der Waals surface area contributed by atoms with Crippen LogP contribution in [-0.2, 0) is 9.59 Å². The summed E-state index contributed by atoms with van der Waals surface area (Å²) in [6.07, 6.45) is 1.94. The molecule has 0 radical (unpaired) electrons. The third-order valence-electron chi connectivity index (χ3n) is 3.02. The molecular formula is C13H24N2O3. The van der Waals surface area contributed by atoms with Gasteiger partial charge in [-0.25, -0.2) is 0 Å². The first-order valence-electron chi connectivity index (χ1n) is 6.51. The van der Waals surface area contributed by atoms with Gasteiger partial charge in [-0.2, -0.15) is 0 Å². The van der Waals surface area contributed by atoms with Crippen LogP contribution in [0.4, 0.5) is 0 Å². The first-order chi connectivity index (χ1) is 8.26. The standard InChI is InChI=1S/C13H24N2O3/c1-13(2,3)14-11(16)9-15-7-6-10(8-15)4-5-12(17)18/h10H,4-9H2,1-3H3,(H,14,16)(H,17,18). The molecule has 0 aliphatic carbocycles. The summed E-state index contributed by atoms with van der Waals surface area (Å²) in [7, 11) is 0. The zero-order valence-electron chi connectivity index (χ0n) is 11.5. The number of nitrogens with zero attached hydrogens (tertiary/aromatic N) is 1. The Labute approximate surface area is 109 Å². The number of rotatable bonds is 5. The molecule has 1 unspecified atom stereocenters. The third-order valence-corrected chi connectivity index (χ3v) is 3.02. The summed E-state index contributed by atoms with van der Waals surface area (Å²) >= 11 is 0. The van der Waals surface area contributed by atoms with Gasteiger partial charge in [0, 0.05) is 18.5 Å².